The molecule has 0 aliphatic rings. The number of hydrogen-bond acceptors (Lipinski definition) is 4. The van der Waals surface area contributed by atoms with Crippen molar-refractivity contribution in [1.29, 1.82) is 0 Å². The maximum atomic E-state index is 12.0. The van der Waals surface area contributed by atoms with Gasteiger partial charge in [-0.25, -0.2) is 0 Å². The number of nitrogens with two attached hydrogens (primary N) is 1. The zero-order chi connectivity index (χ0) is 12.6. The minimum absolute atomic E-state index is 0.0529. The molecule has 0 aliphatic carbocycles. The Bertz CT molecular complexity index is 200. The molecule has 16 heavy (non-hydrogen) atoms. The van der Waals surface area contributed by atoms with Crippen molar-refractivity contribution >= 4 is 5.91 Å². The first-order chi connectivity index (χ1) is 7.58. The van der Waals surface area contributed by atoms with Crippen molar-refractivity contribution in [3.8, 4) is 0 Å². The summed E-state index contributed by atoms with van der Waals surface area (Å²) in [4.78, 5) is 13.5. The van der Waals surface area contributed by atoms with Crippen LogP contribution in [-0.4, -0.2) is 55.4 Å². The molecular weight excluding hydrogens is 208 g/mol. The largest absolute Gasteiger partial charge is 0.395 e. The van der Waals surface area contributed by atoms with E-state index in [2.05, 4.69) is 0 Å². The number of aliphatic hydroxyl groups is 1. The Morgan fingerprint density at radius 3 is 2.56 bits per heavy atom. The van der Waals surface area contributed by atoms with Gasteiger partial charge in [0.25, 0.3) is 0 Å². The maximum Gasteiger partial charge on any atom is 0.239 e. The van der Waals surface area contributed by atoms with Crippen molar-refractivity contribution in [3.05, 3.63) is 0 Å². The topological polar surface area (TPSA) is 75.8 Å². The fourth-order valence-electron chi connectivity index (χ4n) is 1.36. The van der Waals surface area contributed by atoms with Crippen LogP contribution in [0, 0.1) is 5.92 Å². The lowest BCUT2D eigenvalue weighted by molar-refractivity contribution is -0.134. The Labute approximate surface area is 97.6 Å². The summed E-state index contributed by atoms with van der Waals surface area (Å²) < 4.78 is 4.92. The molecule has 0 saturated heterocycles. The smallest absolute Gasteiger partial charge is 0.239 e. The highest BCUT2D eigenvalue weighted by Crippen LogP contribution is 2.08. The third-order valence-electron chi connectivity index (χ3n) is 2.79. The van der Waals surface area contributed by atoms with E-state index in [0.29, 0.717) is 19.7 Å². The summed E-state index contributed by atoms with van der Waals surface area (Å²) in [6.45, 7) is 5.15. The molecule has 0 bridgehead atoms. The molecule has 2 atom stereocenters. The van der Waals surface area contributed by atoms with Gasteiger partial charge in [0.15, 0.2) is 0 Å². The molecule has 5 heteroatoms. The van der Waals surface area contributed by atoms with Crippen molar-refractivity contribution in [2.75, 3.05) is 33.4 Å². The Morgan fingerprint density at radius 1 is 1.50 bits per heavy atom. The van der Waals surface area contributed by atoms with Crippen LogP contribution in [0.15, 0.2) is 0 Å². The van der Waals surface area contributed by atoms with E-state index in [1.165, 1.54) is 0 Å². The molecule has 0 spiro atoms. The van der Waals surface area contributed by atoms with Crippen LogP contribution in [0.2, 0.25) is 0 Å². The summed E-state index contributed by atoms with van der Waals surface area (Å²) in [6, 6.07) is -0.492. The van der Waals surface area contributed by atoms with Gasteiger partial charge in [0.2, 0.25) is 5.91 Å². The van der Waals surface area contributed by atoms with Crippen LogP contribution < -0.4 is 5.73 Å². The monoisotopic (exact) mass is 232 g/mol. The highest BCUT2D eigenvalue weighted by molar-refractivity contribution is 5.81. The summed E-state index contributed by atoms with van der Waals surface area (Å²) in [5.74, 6) is 0.0386. The summed E-state index contributed by atoms with van der Waals surface area (Å²) >= 11 is 0. The Hall–Kier alpha value is -0.650. The predicted octanol–water partition coefficient (Wildman–Crippen LogP) is -0.173. The molecule has 2 unspecified atom stereocenters. The Morgan fingerprint density at radius 2 is 2.12 bits per heavy atom. The van der Waals surface area contributed by atoms with Gasteiger partial charge >= 0.3 is 0 Å². The first kappa shape index (κ1) is 15.3. The van der Waals surface area contributed by atoms with Crippen LogP contribution in [0.25, 0.3) is 0 Å². The van der Waals surface area contributed by atoms with E-state index in [1.54, 1.807) is 12.0 Å². The van der Waals surface area contributed by atoms with Gasteiger partial charge in [-0.1, -0.05) is 20.3 Å². The van der Waals surface area contributed by atoms with Crippen LogP contribution >= 0.6 is 0 Å². The van der Waals surface area contributed by atoms with Crippen LogP contribution in [0.1, 0.15) is 20.3 Å². The zero-order valence-electron chi connectivity index (χ0n) is 10.5. The first-order valence-electron chi connectivity index (χ1n) is 5.72. The molecule has 0 aromatic heterocycles. The highest BCUT2D eigenvalue weighted by Gasteiger charge is 2.24. The number of ether oxygens (including phenoxy) is 1. The molecule has 3 N–H and O–H groups in total. The quantitative estimate of drug-likeness (QED) is 0.609. The van der Waals surface area contributed by atoms with Gasteiger partial charge in [-0.3, -0.25) is 4.79 Å². The van der Waals surface area contributed by atoms with E-state index in [9.17, 15) is 4.79 Å². The summed E-state index contributed by atoms with van der Waals surface area (Å²) in [6.07, 6.45) is 0.865. The lowest BCUT2D eigenvalue weighted by Gasteiger charge is -2.27. The van der Waals surface area contributed by atoms with E-state index >= 15 is 0 Å². The van der Waals surface area contributed by atoms with Crippen LogP contribution in [0.5, 0.6) is 0 Å². The lowest BCUT2D eigenvalue weighted by Crippen LogP contribution is -2.48. The number of amides is 1. The zero-order valence-corrected chi connectivity index (χ0v) is 10.5. The van der Waals surface area contributed by atoms with Crippen molar-refractivity contribution in [1.82, 2.24) is 4.90 Å². The highest BCUT2D eigenvalue weighted by atomic mass is 16.5. The van der Waals surface area contributed by atoms with Crippen LogP contribution in [-0.2, 0) is 9.53 Å². The molecule has 0 heterocycles. The van der Waals surface area contributed by atoms with Crippen LogP contribution in [0.3, 0.4) is 0 Å². The van der Waals surface area contributed by atoms with Crippen molar-refractivity contribution < 1.29 is 14.6 Å². The van der Waals surface area contributed by atoms with Gasteiger partial charge in [0, 0.05) is 20.2 Å². The Balaban J connectivity index is 4.34. The average Bonchev–Trinajstić information content (AvgIpc) is 2.31. The third kappa shape index (κ3) is 4.92. The number of nitrogens with zero attached hydrogens (tertiary/aromatic N) is 1. The minimum Gasteiger partial charge on any atom is -0.395 e. The molecule has 0 fully saturated rings. The van der Waals surface area contributed by atoms with Gasteiger partial charge in [0.05, 0.1) is 19.3 Å². The number of carbonyl (C=O) groups excluding carboxylic acids is 1. The molecule has 5 nitrogen and oxygen atoms in total. The average molecular weight is 232 g/mol. The Kier molecular flexibility index (Phi) is 8.15. The number of aliphatic hydroxyl groups excluding tert-OH is 1. The molecule has 0 aromatic rings. The van der Waals surface area contributed by atoms with E-state index in [0.717, 1.165) is 6.42 Å². The van der Waals surface area contributed by atoms with E-state index in [4.69, 9.17) is 15.6 Å². The van der Waals surface area contributed by atoms with Gasteiger partial charge in [-0.15, -0.1) is 0 Å². The van der Waals surface area contributed by atoms with Crippen molar-refractivity contribution in [2.24, 2.45) is 11.7 Å². The van der Waals surface area contributed by atoms with Crippen LogP contribution in [0.4, 0.5) is 0 Å². The van der Waals surface area contributed by atoms with Gasteiger partial charge in [0.1, 0.15) is 0 Å². The fraction of sp³-hybridized carbons (Fsp3) is 0.909. The molecule has 96 valence electrons. The first-order valence-corrected chi connectivity index (χ1v) is 5.72. The van der Waals surface area contributed by atoms with Gasteiger partial charge in [-0.2, -0.15) is 0 Å². The molecule has 0 saturated carbocycles. The number of carbonyl (C=O) groups is 1. The second kappa shape index (κ2) is 8.50. The van der Waals surface area contributed by atoms with Crippen molar-refractivity contribution in [2.45, 2.75) is 26.3 Å². The molecule has 1 amide bonds. The second-order valence-electron chi connectivity index (χ2n) is 3.95. The molecule has 0 aromatic carbocycles. The van der Waals surface area contributed by atoms with Crippen molar-refractivity contribution in [3.63, 3.8) is 0 Å². The standard InChI is InChI=1S/C11H24N2O3/c1-4-9(2)10(12)11(15)13(5-7-14)6-8-16-3/h9-10,14H,4-8,12H2,1-3H3. The molecule has 0 rings (SSSR count). The summed E-state index contributed by atoms with van der Waals surface area (Å²) in [5.41, 5.74) is 5.86. The predicted molar refractivity (Wildman–Crippen MR) is 63.0 cm³/mol. The van der Waals surface area contributed by atoms with E-state index < -0.39 is 6.04 Å². The molecule has 0 radical (unpaired) electrons. The fourth-order valence-corrected chi connectivity index (χ4v) is 1.36. The van der Waals surface area contributed by atoms with Gasteiger partial charge < -0.3 is 20.5 Å². The molecule has 0 aliphatic heterocycles. The third-order valence-corrected chi connectivity index (χ3v) is 2.79. The molecular formula is C11H24N2O3. The number of rotatable bonds is 8. The van der Waals surface area contributed by atoms with Gasteiger partial charge in [-0.05, 0) is 5.92 Å². The second-order valence-corrected chi connectivity index (χ2v) is 3.95. The normalized spacial score (nSPS) is 14.6. The SMILES string of the molecule is CCC(C)C(N)C(=O)N(CCO)CCOC. The summed E-state index contributed by atoms with van der Waals surface area (Å²) in [5, 5.41) is 8.89. The minimum atomic E-state index is -0.492. The van der Waals surface area contributed by atoms with E-state index in [1.807, 2.05) is 13.8 Å². The number of hydrogen-bond donors (Lipinski definition) is 2. The summed E-state index contributed by atoms with van der Waals surface area (Å²) in [7, 11) is 1.58. The number of methoxy groups -OCH3 is 1. The van der Waals surface area contributed by atoms with E-state index in [-0.39, 0.29) is 18.4 Å². The maximum absolute atomic E-state index is 12.0. The lowest BCUT2D eigenvalue weighted by atomic mass is 9.99.